The molecular weight excluding hydrogens is 670 g/mol. The van der Waals surface area contributed by atoms with E-state index < -0.39 is 17.6 Å². The first kappa shape index (κ1) is 36.2. The number of azide groups is 2. The lowest BCUT2D eigenvalue weighted by Crippen LogP contribution is -2.54. The first-order valence-corrected chi connectivity index (χ1v) is 17.1. The predicted octanol–water partition coefficient (Wildman–Crippen LogP) is 8.28. The highest BCUT2D eigenvalue weighted by Gasteiger charge is 2.54. The van der Waals surface area contributed by atoms with Crippen LogP contribution in [-0.4, -0.2) is 42.2 Å². The molecule has 6 rings (SSSR count). The SMILES string of the molecule is [N-]=[N+]=Nc1ccccc1C[C@]1(C(=O)NNCC(c2ccccc2)c2ccccc2)N=C(c2ccc(OCCCO)cc2)O[C@H]1c1ccccc1N=[N+]=[N-]. The molecule has 5 aromatic carbocycles. The number of benzene rings is 5. The van der Waals surface area contributed by atoms with Crippen molar-refractivity contribution in [1.29, 1.82) is 0 Å². The number of hydrogen-bond donors (Lipinski definition) is 3. The van der Waals surface area contributed by atoms with E-state index >= 15 is 0 Å². The zero-order valence-electron chi connectivity index (χ0n) is 28.7. The van der Waals surface area contributed by atoms with Crippen LogP contribution in [0.3, 0.4) is 0 Å². The van der Waals surface area contributed by atoms with Crippen LogP contribution in [0.5, 0.6) is 5.75 Å². The van der Waals surface area contributed by atoms with Gasteiger partial charge in [-0.25, -0.2) is 10.4 Å². The van der Waals surface area contributed by atoms with E-state index in [-0.39, 0.29) is 30.5 Å². The Hall–Kier alpha value is -6.62. The maximum atomic E-state index is 14.9. The minimum absolute atomic E-state index is 0.0163. The maximum absolute atomic E-state index is 14.9. The summed E-state index contributed by atoms with van der Waals surface area (Å²) in [4.78, 5) is 26.0. The Bertz CT molecular complexity index is 2100. The Morgan fingerprint density at radius 3 is 2.09 bits per heavy atom. The van der Waals surface area contributed by atoms with E-state index in [2.05, 4.69) is 30.9 Å². The fourth-order valence-electron chi connectivity index (χ4n) is 6.34. The number of carbonyl (C=O) groups excluding carboxylic acids is 1. The number of hydrazine groups is 1. The summed E-state index contributed by atoms with van der Waals surface area (Å²) in [5, 5.41) is 17.0. The van der Waals surface area contributed by atoms with Crippen LogP contribution >= 0.6 is 0 Å². The van der Waals surface area contributed by atoms with Crippen molar-refractivity contribution < 1.29 is 19.4 Å². The third-order valence-corrected chi connectivity index (χ3v) is 8.92. The van der Waals surface area contributed by atoms with Crippen LogP contribution in [0.4, 0.5) is 11.4 Å². The van der Waals surface area contributed by atoms with Crippen LogP contribution in [0.25, 0.3) is 20.9 Å². The molecule has 1 amide bonds. The molecule has 1 heterocycles. The van der Waals surface area contributed by atoms with Crippen LogP contribution in [0.2, 0.25) is 0 Å². The second-order valence-corrected chi connectivity index (χ2v) is 12.2. The molecule has 3 N–H and O–H groups in total. The molecule has 0 fully saturated rings. The van der Waals surface area contributed by atoms with Crippen molar-refractivity contribution in [3.05, 3.63) is 182 Å². The standard InChI is InChI=1S/C40H37N9O4/c41-48-45-35-18-9-7-16-31(35)26-40(39(51)47-43-27-34(28-12-3-1-4-13-28)29-14-5-2-6-15-29)37(33-17-8-10-19-36(33)46-49-42)53-38(44-40)30-20-22-32(23-21-30)52-25-11-24-50/h1-10,12-23,34,37,43,50H,11,24-27H2,(H,47,51)/t37-,40-/m0/s1. The summed E-state index contributed by atoms with van der Waals surface area (Å²) in [5.74, 6) is 0.148. The number of ether oxygens (including phenoxy) is 2. The minimum atomic E-state index is -1.70. The summed E-state index contributed by atoms with van der Waals surface area (Å²) >= 11 is 0. The van der Waals surface area contributed by atoms with Crippen molar-refractivity contribution in [2.24, 2.45) is 15.2 Å². The number of aliphatic hydroxyl groups excluding tert-OH is 1. The zero-order chi connectivity index (χ0) is 36.9. The van der Waals surface area contributed by atoms with Gasteiger partial charge in [0.25, 0.3) is 5.91 Å². The van der Waals surface area contributed by atoms with Crippen molar-refractivity contribution in [1.82, 2.24) is 10.9 Å². The minimum Gasteiger partial charge on any atom is -0.494 e. The number of carbonyl (C=O) groups is 1. The monoisotopic (exact) mass is 707 g/mol. The molecule has 0 radical (unpaired) electrons. The van der Waals surface area contributed by atoms with Crippen molar-refractivity contribution in [3.8, 4) is 5.75 Å². The lowest BCUT2D eigenvalue weighted by Gasteiger charge is -2.32. The largest absolute Gasteiger partial charge is 0.494 e. The van der Waals surface area contributed by atoms with E-state index in [1.54, 1.807) is 72.8 Å². The Morgan fingerprint density at radius 2 is 1.43 bits per heavy atom. The molecular formula is C40H37N9O4. The van der Waals surface area contributed by atoms with E-state index in [1.165, 1.54) is 0 Å². The van der Waals surface area contributed by atoms with Gasteiger partial charge in [0, 0.05) is 64.2 Å². The first-order chi connectivity index (χ1) is 26.1. The molecule has 266 valence electrons. The topological polar surface area (TPSA) is 190 Å². The van der Waals surface area contributed by atoms with Crippen LogP contribution in [0.1, 0.15) is 46.3 Å². The van der Waals surface area contributed by atoms with Crippen LogP contribution in [0, 0.1) is 0 Å². The molecule has 1 aliphatic rings. The Morgan fingerprint density at radius 1 is 0.830 bits per heavy atom. The number of aliphatic imine (C=N–C) groups is 1. The zero-order valence-corrected chi connectivity index (χ0v) is 28.7. The fraction of sp³-hybridized carbons (Fsp3) is 0.200. The summed E-state index contributed by atoms with van der Waals surface area (Å²) in [6.07, 6.45) is -0.637. The Kier molecular flexibility index (Phi) is 12.0. The second-order valence-electron chi connectivity index (χ2n) is 12.2. The quantitative estimate of drug-likeness (QED) is 0.0305. The fourth-order valence-corrected chi connectivity index (χ4v) is 6.34. The number of nitrogens with one attached hydrogen (secondary N) is 2. The number of rotatable bonds is 16. The molecule has 2 atom stereocenters. The molecule has 0 spiro atoms. The van der Waals surface area contributed by atoms with Gasteiger partial charge in [0.1, 0.15) is 5.75 Å². The second kappa shape index (κ2) is 17.5. The van der Waals surface area contributed by atoms with E-state index in [0.29, 0.717) is 47.7 Å². The lowest BCUT2D eigenvalue weighted by atomic mass is 9.81. The van der Waals surface area contributed by atoms with Crippen molar-refractivity contribution >= 4 is 23.2 Å². The van der Waals surface area contributed by atoms with Crippen molar-refractivity contribution in [2.75, 3.05) is 19.8 Å². The molecule has 53 heavy (non-hydrogen) atoms. The van der Waals surface area contributed by atoms with Gasteiger partial charge in [0.05, 0.1) is 6.61 Å². The smallest absolute Gasteiger partial charge is 0.266 e. The van der Waals surface area contributed by atoms with Gasteiger partial charge in [-0.15, -0.1) is 0 Å². The number of hydrogen-bond acceptors (Lipinski definition) is 8. The predicted molar refractivity (Wildman–Crippen MR) is 202 cm³/mol. The van der Waals surface area contributed by atoms with Gasteiger partial charge in [-0.3, -0.25) is 10.2 Å². The highest BCUT2D eigenvalue weighted by molar-refractivity contribution is 6.01. The molecule has 13 heteroatoms. The molecule has 0 unspecified atom stereocenters. The lowest BCUT2D eigenvalue weighted by molar-refractivity contribution is -0.130. The summed E-state index contributed by atoms with van der Waals surface area (Å²) in [5.41, 5.74) is 27.6. The summed E-state index contributed by atoms with van der Waals surface area (Å²) in [6, 6.07) is 40.9. The average Bonchev–Trinajstić information content (AvgIpc) is 3.59. The van der Waals surface area contributed by atoms with Crippen LogP contribution in [-0.2, 0) is 16.0 Å². The normalized spacial score (nSPS) is 16.1. The van der Waals surface area contributed by atoms with Gasteiger partial charge in [-0.2, -0.15) is 0 Å². The van der Waals surface area contributed by atoms with E-state index in [1.807, 2.05) is 60.7 Å². The van der Waals surface area contributed by atoms with Gasteiger partial charge in [-0.1, -0.05) is 119 Å². The molecule has 1 aliphatic heterocycles. The highest BCUT2D eigenvalue weighted by Crippen LogP contribution is 2.46. The number of aliphatic hydroxyl groups is 1. The Balaban J connectivity index is 1.42. The molecule has 0 aliphatic carbocycles. The number of nitrogens with zero attached hydrogens (tertiary/aromatic N) is 7. The van der Waals surface area contributed by atoms with Gasteiger partial charge in [0.2, 0.25) is 5.90 Å². The average molecular weight is 708 g/mol. The van der Waals surface area contributed by atoms with Crippen molar-refractivity contribution in [2.45, 2.75) is 30.4 Å². The van der Waals surface area contributed by atoms with E-state index in [4.69, 9.17) is 19.6 Å². The summed E-state index contributed by atoms with van der Waals surface area (Å²) in [7, 11) is 0. The molecule has 13 nitrogen and oxygen atoms in total. The van der Waals surface area contributed by atoms with Gasteiger partial charge < -0.3 is 14.6 Å². The Labute approximate surface area is 306 Å². The highest BCUT2D eigenvalue weighted by atomic mass is 16.5. The molecule has 0 saturated heterocycles. The van der Waals surface area contributed by atoms with Gasteiger partial charge >= 0.3 is 0 Å². The third kappa shape index (κ3) is 8.48. The molecule has 0 saturated carbocycles. The summed E-state index contributed by atoms with van der Waals surface area (Å²) in [6.45, 7) is 0.713. The molecule has 0 aromatic heterocycles. The van der Waals surface area contributed by atoms with Gasteiger partial charge in [0.15, 0.2) is 11.6 Å². The van der Waals surface area contributed by atoms with Gasteiger partial charge in [-0.05, 0) is 52.0 Å². The third-order valence-electron chi connectivity index (χ3n) is 8.92. The number of amides is 1. The van der Waals surface area contributed by atoms with Crippen molar-refractivity contribution in [3.63, 3.8) is 0 Å². The maximum Gasteiger partial charge on any atom is 0.266 e. The molecule has 0 bridgehead atoms. The van der Waals surface area contributed by atoms with E-state index in [9.17, 15) is 15.9 Å². The van der Waals surface area contributed by atoms with Crippen LogP contribution < -0.4 is 15.6 Å². The van der Waals surface area contributed by atoms with E-state index in [0.717, 1.165) is 11.1 Å². The first-order valence-electron chi connectivity index (χ1n) is 17.1. The van der Waals surface area contributed by atoms with Crippen LogP contribution in [0.15, 0.2) is 149 Å². The molecule has 5 aromatic rings. The summed E-state index contributed by atoms with van der Waals surface area (Å²) < 4.78 is 12.4.